The summed E-state index contributed by atoms with van der Waals surface area (Å²) >= 11 is 15.3. The van der Waals surface area contributed by atoms with Gasteiger partial charge in [0.15, 0.2) is 0 Å². The molecule has 2 aromatic rings. The van der Waals surface area contributed by atoms with E-state index in [4.69, 9.17) is 27.9 Å². The van der Waals surface area contributed by atoms with Gasteiger partial charge in [-0.1, -0.05) is 37.0 Å². The Morgan fingerprint density at radius 3 is 2.57 bits per heavy atom. The van der Waals surface area contributed by atoms with Crippen LogP contribution in [0.2, 0.25) is 10.0 Å². The minimum absolute atomic E-state index is 0.259. The lowest BCUT2D eigenvalue weighted by molar-refractivity contribution is 0.102. The van der Waals surface area contributed by atoms with Gasteiger partial charge in [0.1, 0.15) is 5.75 Å². The van der Waals surface area contributed by atoms with Crippen LogP contribution in [0.5, 0.6) is 5.75 Å². The van der Waals surface area contributed by atoms with E-state index >= 15 is 0 Å². The second kappa shape index (κ2) is 8.04. The SMILES string of the molecule is CC(C)COc1ccc(C(=O)Nc2ccc(Cl)cc2Cl)cc1Br. The van der Waals surface area contributed by atoms with E-state index in [1.54, 1.807) is 36.4 Å². The van der Waals surface area contributed by atoms with Crippen molar-refractivity contribution in [2.45, 2.75) is 13.8 Å². The molecule has 0 aliphatic heterocycles. The standard InChI is InChI=1S/C17H16BrCl2NO2/c1-10(2)9-23-16-6-3-11(7-13(16)18)17(22)21-15-5-4-12(19)8-14(15)20/h3-8,10H,9H2,1-2H3,(H,21,22). The first-order valence-electron chi connectivity index (χ1n) is 7.05. The van der Waals surface area contributed by atoms with Crippen molar-refractivity contribution in [3.63, 3.8) is 0 Å². The highest BCUT2D eigenvalue weighted by Crippen LogP contribution is 2.28. The number of hydrogen-bond donors (Lipinski definition) is 1. The topological polar surface area (TPSA) is 38.3 Å². The minimum atomic E-state index is -0.259. The smallest absolute Gasteiger partial charge is 0.255 e. The molecule has 0 saturated heterocycles. The predicted molar refractivity (Wildman–Crippen MR) is 98.9 cm³/mol. The Bertz CT molecular complexity index is 720. The number of carbonyl (C=O) groups is 1. The number of ether oxygens (including phenoxy) is 1. The van der Waals surface area contributed by atoms with E-state index in [0.29, 0.717) is 39.6 Å². The second-order valence-corrected chi connectivity index (χ2v) is 7.13. The first-order valence-corrected chi connectivity index (χ1v) is 8.60. The maximum Gasteiger partial charge on any atom is 0.255 e. The molecule has 0 atom stereocenters. The zero-order chi connectivity index (χ0) is 17.0. The lowest BCUT2D eigenvalue weighted by atomic mass is 10.2. The van der Waals surface area contributed by atoms with Crippen molar-refractivity contribution < 1.29 is 9.53 Å². The maximum atomic E-state index is 12.3. The molecule has 0 fully saturated rings. The molecule has 1 amide bonds. The number of rotatable bonds is 5. The van der Waals surface area contributed by atoms with Crippen LogP contribution in [0, 0.1) is 5.92 Å². The molecule has 2 rings (SSSR count). The number of hydrogen-bond acceptors (Lipinski definition) is 2. The molecule has 0 aliphatic rings. The van der Waals surface area contributed by atoms with Gasteiger partial charge >= 0.3 is 0 Å². The molecular formula is C17H16BrCl2NO2. The third kappa shape index (κ3) is 5.13. The molecule has 0 aromatic heterocycles. The molecule has 122 valence electrons. The normalized spacial score (nSPS) is 10.7. The van der Waals surface area contributed by atoms with Crippen LogP contribution in [0.25, 0.3) is 0 Å². The summed E-state index contributed by atoms with van der Waals surface area (Å²) in [4.78, 5) is 12.3. The van der Waals surface area contributed by atoms with E-state index < -0.39 is 0 Å². The first-order chi connectivity index (χ1) is 10.9. The van der Waals surface area contributed by atoms with Gasteiger partial charge in [-0.3, -0.25) is 4.79 Å². The minimum Gasteiger partial charge on any atom is -0.492 e. The number of nitrogens with one attached hydrogen (secondary N) is 1. The Morgan fingerprint density at radius 2 is 1.96 bits per heavy atom. The fourth-order valence-electron chi connectivity index (χ4n) is 1.80. The number of halogens is 3. The van der Waals surface area contributed by atoms with Gasteiger partial charge in [0.05, 0.1) is 21.8 Å². The molecule has 0 heterocycles. The molecule has 0 bridgehead atoms. The Kier molecular flexibility index (Phi) is 6.33. The Balaban J connectivity index is 2.12. The highest BCUT2D eigenvalue weighted by Gasteiger charge is 2.12. The zero-order valence-corrected chi connectivity index (χ0v) is 15.8. The van der Waals surface area contributed by atoms with Crippen LogP contribution in [-0.2, 0) is 0 Å². The van der Waals surface area contributed by atoms with Gasteiger partial charge in [-0.25, -0.2) is 0 Å². The Hall–Kier alpha value is -1.23. The third-order valence-electron chi connectivity index (χ3n) is 2.95. The van der Waals surface area contributed by atoms with Gasteiger partial charge in [-0.05, 0) is 58.2 Å². The van der Waals surface area contributed by atoms with E-state index in [1.807, 2.05) is 0 Å². The zero-order valence-electron chi connectivity index (χ0n) is 12.7. The van der Waals surface area contributed by atoms with Crippen LogP contribution in [0.15, 0.2) is 40.9 Å². The van der Waals surface area contributed by atoms with Crippen molar-refractivity contribution >= 4 is 50.7 Å². The van der Waals surface area contributed by atoms with Crippen LogP contribution >= 0.6 is 39.1 Å². The number of benzene rings is 2. The molecule has 1 N–H and O–H groups in total. The molecule has 23 heavy (non-hydrogen) atoms. The summed E-state index contributed by atoms with van der Waals surface area (Å²) in [6.07, 6.45) is 0. The van der Waals surface area contributed by atoms with E-state index in [1.165, 1.54) is 0 Å². The van der Waals surface area contributed by atoms with Gasteiger partial charge in [0, 0.05) is 10.6 Å². The summed E-state index contributed by atoms with van der Waals surface area (Å²) in [6.45, 7) is 4.77. The Morgan fingerprint density at radius 1 is 1.22 bits per heavy atom. The molecule has 0 radical (unpaired) electrons. The molecule has 0 unspecified atom stereocenters. The van der Waals surface area contributed by atoms with Gasteiger partial charge < -0.3 is 10.1 Å². The summed E-state index contributed by atoms with van der Waals surface area (Å²) in [7, 11) is 0. The van der Waals surface area contributed by atoms with Crippen LogP contribution in [0.3, 0.4) is 0 Å². The fourth-order valence-corrected chi connectivity index (χ4v) is 2.75. The molecule has 0 spiro atoms. The fraction of sp³-hybridized carbons (Fsp3) is 0.235. The molecule has 0 saturated carbocycles. The van der Waals surface area contributed by atoms with Gasteiger partial charge in [0.25, 0.3) is 5.91 Å². The van der Waals surface area contributed by atoms with Crippen molar-refractivity contribution in [1.82, 2.24) is 0 Å². The maximum absolute atomic E-state index is 12.3. The van der Waals surface area contributed by atoms with Gasteiger partial charge in [-0.2, -0.15) is 0 Å². The molecule has 6 heteroatoms. The molecule has 2 aromatic carbocycles. The van der Waals surface area contributed by atoms with Crippen LogP contribution < -0.4 is 10.1 Å². The van der Waals surface area contributed by atoms with E-state index in [9.17, 15) is 4.79 Å². The average molecular weight is 417 g/mol. The van der Waals surface area contributed by atoms with Gasteiger partial charge in [0.2, 0.25) is 0 Å². The van der Waals surface area contributed by atoms with Gasteiger partial charge in [-0.15, -0.1) is 0 Å². The van der Waals surface area contributed by atoms with E-state index in [-0.39, 0.29) is 5.91 Å². The van der Waals surface area contributed by atoms with Crippen LogP contribution in [-0.4, -0.2) is 12.5 Å². The number of carbonyl (C=O) groups excluding carboxylic acids is 1. The van der Waals surface area contributed by atoms with Crippen molar-refractivity contribution in [1.29, 1.82) is 0 Å². The lowest BCUT2D eigenvalue weighted by Gasteiger charge is -2.12. The highest BCUT2D eigenvalue weighted by atomic mass is 79.9. The quantitative estimate of drug-likeness (QED) is 0.644. The van der Waals surface area contributed by atoms with E-state index in [0.717, 1.165) is 4.47 Å². The molecule has 3 nitrogen and oxygen atoms in total. The highest BCUT2D eigenvalue weighted by molar-refractivity contribution is 9.10. The van der Waals surface area contributed by atoms with Crippen LogP contribution in [0.4, 0.5) is 5.69 Å². The third-order valence-corrected chi connectivity index (χ3v) is 4.11. The Labute approximate surface area is 154 Å². The average Bonchev–Trinajstić information content (AvgIpc) is 2.48. The van der Waals surface area contributed by atoms with Crippen molar-refractivity contribution in [3.8, 4) is 5.75 Å². The largest absolute Gasteiger partial charge is 0.492 e. The lowest BCUT2D eigenvalue weighted by Crippen LogP contribution is -2.12. The predicted octanol–water partition coefficient (Wildman–Crippen LogP) is 6.04. The molecule has 0 aliphatic carbocycles. The van der Waals surface area contributed by atoms with Crippen molar-refractivity contribution in [2.75, 3.05) is 11.9 Å². The number of anilines is 1. The number of amides is 1. The summed E-state index contributed by atoms with van der Waals surface area (Å²) in [6, 6.07) is 10.1. The summed E-state index contributed by atoms with van der Waals surface area (Å²) < 4.78 is 6.40. The second-order valence-electron chi connectivity index (χ2n) is 5.43. The first kappa shape index (κ1) is 18.1. The summed E-state index contributed by atoms with van der Waals surface area (Å²) in [5.41, 5.74) is 1.01. The van der Waals surface area contributed by atoms with E-state index in [2.05, 4.69) is 35.1 Å². The summed E-state index contributed by atoms with van der Waals surface area (Å²) in [5, 5.41) is 3.67. The van der Waals surface area contributed by atoms with Crippen LogP contribution in [0.1, 0.15) is 24.2 Å². The van der Waals surface area contributed by atoms with Crippen molar-refractivity contribution in [2.24, 2.45) is 5.92 Å². The monoisotopic (exact) mass is 415 g/mol. The molecular weight excluding hydrogens is 401 g/mol. The summed E-state index contributed by atoms with van der Waals surface area (Å²) in [5.74, 6) is 0.877. The van der Waals surface area contributed by atoms with Crippen molar-refractivity contribution in [3.05, 3.63) is 56.5 Å².